The van der Waals surface area contributed by atoms with Gasteiger partial charge in [0.05, 0.1) is 32.2 Å². The van der Waals surface area contributed by atoms with Crippen LogP contribution in [-0.2, 0) is 24.5 Å². The van der Waals surface area contributed by atoms with E-state index in [1.165, 1.54) is 0 Å². The average molecular weight is 419 g/mol. The van der Waals surface area contributed by atoms with Crippen molar-refractivity contribution in [2.45, 2.75) is 26.2 Å². The largest absolute Gasteiger partial charge is 0.495 e. The van der Waals surface area contributed by atoms with Gasteiger partial charge in [-0.2, -0.15) is 0 Å². The van der Waals surface area contributed by atoms with Crippen molar-refractivity contribution in [1.29, 1.82) is 0 Å². The zero-order chi connectivity index (χ0) is 19.8. The van der Waals surface area contributed by atoms with Gasteiger partial charge in [-0.25, -0.2) is 9.98 Å². The molecule has 3 rings (SSSR count). The number of benzene rings is 1. The molecule has 1 aromatic carbocycles. The number of nitrogens with two attached hydrogens (primary N) is 1. The van der Waals surface area contributed by atoms with Gasteiger partial charge in [0.15, 0.2) is 10.6 Å². The lowest BCUT2D eigenvalue weighted by molar-refractivity contribution is 0.102. The van der Waals surface area contributed by atoms with Crippen LogP contribution in [0.3, 0.4) is 0 Å². The van der Waals surface area contributed by atoms with Crippen LogP contribution in [0.2, 0.25) is 5.02 Å². The Bertz CT molecular complexity index is 936. The van der Waals surface area contributed by atoms with Crippen molar-refractivity contribution in [2.75, 3.05) is 13.7 Å². The van der Waals surface area contributed by atoms with Crippen molar-refractivity contribution in [3.05, 3.63) is 69.1 Å². The van der Waals surface area contributed by atoms with Crippen LogP contribution in [-0.4, -0.2) is 23.2 Å². The Morgan fingerprint density at radius 1 is 1.18 bits per heavy atom. The highest BCUT2D eigenvalue weighted by Crippen LogP contribution is 2.15. The van der Waals surface area contributed by atoms with Gasteiger partial charge in [0, 0.05) is 16.9 Å². The fraction of sp³-hybridized carbons (Fsp3) is 0.300. The van der Waals surface area contributed by atoms with Gasteiger partial charge < -0.3 is 19.8 Å². The molecule has 28 heavy (non-hydrogen) atoms. The Morgan fingerprint density at radius 2 is 2.00 bits per heavy atom. The molecule has 0 aliphatic rings. The van der Waals surface area contributed by atoms with E-state index in [1.807, 2.05) is 36.4 Å². The Kier molecular flexibility index (Phi) is 7.62. The summed E-state index contributed by atoms with van der Waals surface area (Å²) in [6, 6.07) is 11.3. The molecule has 0 fully saturated rings. The van der Waals surface area contributed by atoms with Crippen LogP contribution in [0.15, 0.2) is 53.0 Å². The summed E-state index contributed by atoms with van der Waals surface area (Å²) in [7, 11) is 1.62. The number of methoxy groups -OCH3 is 1. The number of hydrogen-bond acceptors (Lipinski definition) is 6. The Hall–Kier alpha value is -2.19. The molecule has 0 spiro atoms. The molecule has 0 radical (unpaired) electrons. The van der Waals surface area contributed by atoms with E-state index in [9.17, 15) is 0 Å². The lowest BCUT2D eigenvalue weighted by Crippen LogP contribution is -2.20. The number of nitrogens with zero attached hydrogens (tertiary/aromatic N) is 3. The second kappa shape index (κ2) is 10.4. The molecule has 2 aromatic heterocycles. The first-order valence-corrected chi connectivity index (χ1v) is 10.2. The van der Waals surface area contributed by atoms with Crippen LogP contribution in [0.25, 0.3) is 0 Å². The smallest absolute Gasteiger partial charge is 0.191 e. The van der Waals surface area contributed by atoms with Crippen LogP contribution in [0.5, 0.6) is 5.75 Å². The molecule has 0 atom stereocenters. The number of aromatic nitrogens is 2. The average Bonchev–Trinajstić information content (AvgIpc) is 3.09. The highest BCUT2D eigenvalue weighted by Gasteiger charge is 2.07. The number of hydrogen-bond donors (Lipinski definition) is 1. The Morgan fingerprint density at radius 3 is 2.68 bits per heavy atom. The minimum atomic E-state index is 0.495. The Labute approximate surface area is 173 Å². The summed E-state index contributed by atoms with van der Waals surface area (Å²) in [5, 5.41) is 2.79. The van der Waals surface area contributed by atoms with E-state index >= 15 is 0 Å². The van der Waals surface area contributed by atoms with E-state index in [0.29, 0.717) is 31.3 Å². The second-order valence-corrected chi connectivity index (χ2v) is 7.36. The molecule has 6 nitrogen and oxygen atoms in total. The third-order valence-corrected chi connectivity index (χ3v) is 5.23. The molecule has 2 N–H and O–H groups in total. The molecular weight excluding hydrogens is 396 g/mol. The van der Waals surface area contributed by atoms with E-state index < -0.39 is 0 Å². The van der Waals surface area contributed by atoms with Crippen molar-refractivity contribution in [2.24, 2.45) is 10.7 Å². The SMILES string of the molecule is COc1ccc(N=c2scc(COCc3ccc(Cl)cc3)n2CCCN)nc1. The van der Waals surface area contributed by atoms with Crippen molar-refractivity contribution >= 4 is 28.8 Å². The van der Waals surface area contributed by atoms with Gasteiger partial charge in [-0.15, -0.1) is 11.3 Å². The van der Waals surface area contributed by atoms with E-state index in [-0.39, 0.29) is 0 Å². The molecular formula is C20H23ClN4O2S. The van der Waals surface area contributed by atoms with Crippen LogP contribution < -0.4 is 15.3 Å². The van der Waals surface area contributed by atoms with Gasteiger partial charge >= 0.3 is 0 Å². The molecule has 0 saturated heterocycles. The van der Waals surface area contributed by atoms with E-state index in [1.54, 1.807) is 24.6 Å². The molecule has 3 aromatic rings. The third-order valence-electron chi connectivity index (χ3n) is 4.06. The Balaban J connectivity index is 1.75. The van der Waals surface area contributed by atoms with Crippen molar-refractivity contribution in [3.63, 3.8) is 0 Å². The fourth-order valence-corrected chi connectivity index (χ4v) is 3.61. The zero-order valence-corrected chi connectivity index (χ0v) is 17.2. The number of rotatable bonds is 9. The van der Waals surface area contributed by atoms with E-state index in [2.05, 4.69) is 19.9 Å². The molecule has 0 amide bonds. The molecule has 0 aliphatic carbocycles. The van der Waals surface area contributed by atoms with Crippen LogP contribution in [0, 0.1) is 0 Å². The summed E-state index contributed by atoms with van der Waals surface area (Å²) >= 11 is 7.49. The standard InChI is InChI=1S/C20H23ClN4O2S/c1-26-18-7-8-19(23-11-18)24-20-25(10-2-9-22)17(14-28-20)13-27-12-15-3-5-16(21)6-4-15/h3-8,11,14H,2,9-10,12-13,22H2,1H3. The van der Waals surface area contributed by atoms with Crippen LogP contribution >= 0.6 is 22.9 Å². The molecule has 8 heteroatoms. The van der Waals surface area contributed by atoms with Gasteiger partial charge in [-0.1, -0.05) is 23.7 Å². The number of ether oxygens (including phenoxy) is 2. The lowest BCUT2D eigenvalue weighted by Gasteiger charge is -2.09. The minimum absolute atomic E-state index is 0.495. The first-order chi connectivity index (χ1) is 13.7. The summed E-state index contributed by atoms with van der Waals surface area (Å²) in [6.45, 7) is 2.43. The highest BCUT2D eigenvalue weighted by molar-refractivity contribution is 7.07. The fourth-order valence-electron chi connectivity index (χ4n) is 2.57. The van der Waals surface area contributed by atoms with Gasteiger partial charge in [-0.3, -0.25) is 0 Å². The molecule has 148 valence electrons. The van der Waals surface area contributed by atoms with Crippen molar-refractivity contribution in [1.82, 2.24) is 9.55 Å². The maximum atomic E-state index is 5.92. The van der Waals surface area contributed by atoms with Crippen molar-refractivity contribution in [3.8, 4) is 5.75 Å². The number of thiazole rings is 1. The summed E-state index contributed by atoms with van der Waals surface area (Å²) in [6.07, 6.45) is 2.52. The predicted molar refractivity (Wildman–Crippen MR) is 112 cm³/mol. The maximum absolute atomic E-state index is 5.92. The summed E-state index contributed by atoms with van der Waals surface area (Å²) in [4.78, 5) is 9.86. The summed E-state index contributed by atoms with van der Waals surface area (Å²) in [5.74, 6) is 1.34. The summed E-state index contributed by atoms with van der Waals surface area (Å²) in [5.41, 5.74) is 7.86. The first kappa shape index (κ1) is 20.5. The minimum Gasteiger partial charge on any atom is -0.495 e. The normalized spacial score (nSPS) is 11.8. The highest BCUT2D eigenvalue weighted by atomic mass is 35.5. The van der Waals surface area contributed by atoms with Gasteiger partial charge in [0.2, 0.25) is 0 Å². The predicted octanol–water partition coefficient (Wildman–Crippen LogP) is 3.90. The quantitative estimate of drug-likeness (QED) is 0.571. The van der Waals surface area contributed by atoms with E-state index in [4.69, 9.17) is 26.8 Å². The molecule has 0 bridgehead atoms. The second-order valence-electron chi connectivity index (χ2n) is 6.09. The zero-order valence-electron chi connectivity index (χ0n) is 15.7. The third kappa shape index (κ3) is 5.65. The van der Waals surface area contributed by atoms with Gasteiger partial charge in [0.1, 0.15) is 5.75 Å². The van der Waals surface area contributed by atoms with E-state index in [0.717, 1.165) is 34.0 Å². The maximum Gasteiger partial charge on any atom is 0.191 e. The molecule has 0 unspecified atom stereocenters. The van der Waals surface area contributed by atoms with Crippen LogP contribution in [0.4, 0.5) is 5.82 Å². The summed E-state index contributed by atoms with van der Waals surface area (Å²) < 4.78 is 13.2. The van der Waals surface area contributed by atoms with Gasteiger partial charge in [0.25, 0.3) is 0 Å². The monoisotopic (exact) mass is 418 g/mol. The topological polar surface area (TPSA) is 74.7 Å². The molecule has 0 aliphatic heterocycles. The molecule has 2 heterocycles. The van der Waals surface area contributed by atoms with Gasteiger partial charge in [-0.05, 0) is 42.8 Å². The van der Waals surface area contributed by atoms with Crippen molar-refractivity contribution < 1.29 is 9.47 Å². The lowest BCUT2D eigenvalue weighted by atomic mass is 10.2. The molecule has 0 saturated carbocycles. The van der Waals surface area contributed by atoms with Crippen LogP contribution in [0.1, 0.15) is 17.7 Å². The number of pyridine rings is 1. The number of halogens is 1. The first-order valence-electron chi connectivity index (χ1n) is 8.94.